The van der Waals surface area contributed by atoms with Gasteiger partial charge in [-0.2, -0.15) is 0 Å². The van der Waals surface area contributed by atoms with Crippen LogP contribution in [0.25, 0.3) is 11.4 Å². The van der Waals surface area contributed by atoms with Crippen LogP contribution in [0.2, 0.25) is 10.0 Å². The Kier molecular flexibility index (Phi) is 3.86. The molecule has 0 radical (unpaired) electrons. The molecular weight excluding hydrogens is 325 g/mol. The normalized spacial score (nSPS) is 10.4. The van der Waals surface area contributed by atoms with E-state index < -0.39 is 0 Å². The second-order valence-electron chi connectivity index (χ2n) is 3.30. The monoisotopic (exact) mass is 331 g/mol. The lowest BCUT2D eigenvalue weighted by molar-refractivity contribution is 1.15. The summed E-state index contributed by atoms with van der Waals surface area (Å²) in [5.74, 6) is 1.29. The van der Waals surface area contributed by atoms with Crippen molar-refractivity contribution in [2.24, 2.45) is 0 Å². The van der Waals surface area contributed by atoms with E-state index in [-0.39, 0.29) is 0 Å². The van der Waals surface area contributed by atoms with E-state index in [0.717, 1.165) is 10.0 Å². The van der Waals surface area contributed by atoms with Gasteiger partial charge >= 0.3 is 0 Å². The topological polar surface area (TPSA) is 37.8 Å². The predicted octanol–water partition coefficient (Wildman–Crippen LogP) is 4.25. The van der Waals surface area contributed by atoms with Gasteiger partial charge in [-0.15, -0.1) is 0 Å². The first-order valence-electron chi connectivity index (χ1n) is 4.77. The molecule has 6 heteroatoms. The lowest BCUT2D eigenvalue weighted by atomic mass is 10.2. The molecule has 3 nitrogen and oxygen atoms in total. The molecule has 1 aromatic heterocycles. The van der Waals surface area contributed by atoms with Gasteiger partial charge in [-0.25, -0.2) is 9.97 Å². The Balaban J connectivity index is 2.52. The first kappa shape index (κ1) is 12.6. The molecule has 0 saturated heterocycles. The van der Waals surface area contributed by atoms with E-state index in [1.165, 1.54) is 0 Å². The van der Waals surface area contributed by atoms with Crippen LogP contribution >= 0.6 is 39.1 Å². The van der Waals surface area contributed by atoms with Crippen LogP contribution in [0.1, 0.15) is 0 Å². The summed E-state index contributed by atoms with van der Waals surface area (Å²) < 4.78 is 0.803. The molecule has 0 saturated carbocycles. The van der Waals surface area contributed by atoms with Crippen molar-refractivity contribution in [3.8, 4) is 11.4 Å². The summed E-state index contributed by atoms with van der Waals surface area (Å²) in [4.78, 5) is 8.58. The highest BCUT2D eigenvalue weighted by Crippen LogP contribution is 2.27. The van der Waals surface area contributed by atoms with E-state index >= 15 is 0 Å². The molecule has 1 aromatic carbocycles. The lowest BCUT2D eigenvalue weighted by Crippen LogP contribution is -1.97. The molecule has 0 amide bonds. The highest BCUT2D eigenvalue weighted by molar-refractivity contribution is 9.10. The van der Waals surface area contributed by atoms with Crippen LogP contribution in [0, 0.1) is 0 Å². The van der Waals surface area contributed by atoms with E-state index in [1.807, 2.05) is 0 Å². The van der Waals surface area contributed by atoms with Crippen LogP contribution in [-0.4, -0.2) is 17.0 Å². The maximum absolute atomic E-state index is 5.94. The summed E-state index contributed by atoms with van der Waals surface area (Å²) in [5.41, 5.74) is 0.784. The minimum atomic E-state index is 0.560. The van der Waals surface area contributed by atoms with Crippen molar-refractivity contribution in [1.29, 1.82) is 0 Å². The standard InChI is InChI=1S/C11H8BrCl2N3/c1-15-11-9(12)5-16-10(17-11)6-2-7(13)4-8(14)3-6/h2-5H,1H3,(H,15,16,17). The van der Waals surface area contributed by atoms with Gasteiger partial charge in [0.15, 0.2) is 5.82 Å². The van der Waals surface area contributed by atoms with Crippen LogP contribution in [0.5, 0.6) is 0 Å². The number of anilines is 1. The molecule has 1 heterocycles. The van der Waals surface area contributed by atoms with Crippen LogP contribution in [0.4, 0.5) is 5.82 Å². The largest absolute Gasteiger partial charge is 0.372 e. The van der Waals surface area contributed by atoms with E-state index in [1.54, 1.807) is 31.4 Å². The van der Waals surface area contributed by atoms with Gasteiger partial charge in [0.2, 0.25) is 0 Å². The van der Waals surface area contributed by atoms with Crippen molar-refractivity contribution in [3.05, 3.63) is 38.9 Å². The minimum absolute atomic E-state index is 0.560. The number of halogens is 3. The number of rotatable bonds is 2. The van der Waals surface area contributed by atoms with Gasteiger partial charge in [-0.3, -0.25) is 0 Å². The second kappa shape index (κ2) is 5.21. The maximum atomic E-state index is 5.94. The molecular formula is C11H8BrCl2N3. The van der Waals surface area contributed by atoms with Gasteiger partial charge in [0.25, 0.3) is 0 Å². The summed E-state index contributed by atoms with van der Waals surface area (Å²) in [6.45, 7) is 0. The fourth-order valence-electron chi connectivity index (χ4n) is 1.36. The van der Waals surface area contributed by atoms with Gasteiger partial charge in [-0.1, -0.05) is 23.2 Å². The van der Waals surface area contributed by atoms with Crippen molar-refractivity contribution >= 4 is 44.9 Å². The van der Waals surface area contributed by atoms with E-state index in [0.29, 0.717) is 21.7 Å². The number of benzene rings is 1. The first-order chi connectivity index (χ1) is 8.10. The zero-order chi connectivity index (χ0) is 12.4. The van der Waals surface area contributed by atoms with Crippen LogP contribution in [0.15, 0.2) is 28.9 Å². The summed E-state index contributed by atoms with van der Waals surface area (Å²) in [6.07, 6.45) is 1.68. The number of aromatic nitrogens is 2. The predicted molar refractivity (Wildman–Crippen MR) is 74.7 cm³/mol. The summed E-state index contributed by atoms with van der Waals surface area (Å²) >= 11 is 15.2. The van der Waals surface area contributed by atoms with E-state index in [2.05, 4.69) is 31.2 Å². The van der Waals surface area contributed by atoms with Crippen LogP contribution < -0.4 is 5.32 Å². The van der Waals surface area contributed by atoms with Crippen molar-refractivity contribution < 1.29 is 0 Å². The highest BCUT2D eigenvalue weighted by atomic mass is 79.9. The zero-order valence-electron chi connectivity index (χ0n) is 8.84. The molecule has 0 unspecified atom stereocenters. The van der Waals surface area contributed by atoms with Crippen molar-refractivity contribution in [2.75, 3.05) is 12.4 Å². The molecule has 0 fully saturated rings. The van der Waals surface area contributed by atoms with Gasteiger partial charge in [0.1, 0.15) is 5.82 Å². The fraction of sp³-hybridized carbons (Fsp3) is 0.0909. The molecule has 0 aliphatic carbocycles. The molecule has 0 bridgehead atoms. The Morgan fingerprint density at radius 2 is 1.82 bits per heavy atom. The van der Waals surface area contributed by atoms with E-state index in [4.69, 9.17) is 23.2 Å². The summed E-state index contributed by atoms with van der Waals surface area (Å²) in [6, 6.07) is 5.22. The third-order valence-electron chi connectivity index (χ3n) is 2.10. The average Bonchev–Trinajstić information content (AvgIpc) is 2.28. The van der Waals surface area contributed by atoms with Gasteiger partial charge in [-0.05, 0) is 34.1 Å². The quantitative estimate of drug-likeness (QED) is 0.893. The highest BCUT2D eigenvalue weighted by Gasteiger charge is 2.07. The zero-order valence-corrected chi connectivity index (χ0v) is 11.9. The van der Waals surface area contributed by atoms with Crippen molar-refractivity contribution in [2.45, 2.75) is 0 Å². The smallest absolute Gasteiger partial charge is 0.161 e. The number of hydrogen-bond donors (Lipinski definition) is 1. The van der Waals surface area contributed by atoms with Crippen molar-refractivity contribution in [1.82, 2.24) is 9.97 Å². The lowest BCUT2D eigenvalue weighted by Gasteiger charge is -2.06. The third kappa shape index (κ3) is 2.89. The summed E-state index contributed by atoms with van der Waals surface area (Å²) in [5, 5.41) is 4.09. The molecule has 0 atom stereocenters. The molecule has 88 valence electrons. The second-order valence-corrected chi connectivity index (χ2v) is 5.03. The minimum Gasteiger partial charge on any atom is -0.372 e. The molecule has 0 aliphatic rings. The average molecular weight is 333 g/mol. The molecule has 17 heavy (non-hydrogen) atoms. The number of hydrogen-bond acceptors (Lipinski definition) is 3. The fourth-order valence-corrected chi connectivity index (χ4v) is 2.28. The molecule has 1 N–H and O–H groups in total. The van der Waals surface area contributed by atoms with Gasteiger partial charge in [0.05, 0.1) is 4.47 Å². The number of nitrogens with zero attached hydrogens (tertiary/aromatic N) is 2. The van der Waals surface area contributed by atoms with Crippen LogP contribution in [0.3, 0.4) is 0 Å². The van der Waals surface area contributed by atoms with E-state index in [9.17, 15) is 0 Å². The van der Waals surface area contributed by atoms with Crippen molar-refractivity contribution in [3.63, 3.8) is 0 Å². The number of nitrogens with one attached hydrogen (secondary N) is 1. The van der Waals surface area contributed by atoms with Crippen LogP contribution in [-0.2, 0) is 0 Å². The SMILES string of the molecule is CNc1nc(-c2cc(Cl)cc(Cl)c2)ncc1Br. The Morgan fingerprint density at radius 1 is 1.18 bits per heavy atom. The molecule has 0 aliphatic heterocycles. The first-order valence-corrected chi connectivity index (χ1v) is 6.32. The third-order valence-corrected chi connectivity index (χ3v) is 3.12. The van der Waals surface area contributed by atoms with Gasteiger partial charge in [0, 0.05) is 28.9 Å². The van der Waals surface area contributed by atoms with Gasteiger partial charge < -0.3 is 5.32 Å². The maximum Gasteiger partial charge on any atom is 0.161 e. The Labute approximate surface area is 117 Å². The molecule has 2 aromatic rings. The Bertz CT molecular complexity index is 540. The molecule has 2 rings (SSSR count). The molecule has 0 spiro atoms. The Hall–Kier alpha value is -0.840. The Morgan fingerprint density at radius 3 is 2.41 bits per heavy atom. The summed E-state index contributed by atoms with van der Waals surface area (Å²) in [7, 11) is 1.79.